The number of amides is 1. The van der Waals surface area contributed by atoms with Crippen LogP contribution >= 0.6 is 0 Å². The summed E-state index contributed by atoms with van der Waals surface area (Å²) in [5.74, 6) is 0.881. The molecule has 0 aliphatic heterocycles. The first-order valence-corrected chi connectivity index (χ1v) is 9.63. The lowest BCUT2D eigenvalue weighted by molar-refractivity contribution is -0.885. The summed E-state index contributed by atoms with van der Waals surface area (Å²) in [6.45, 7) is 3.81. The maximum atomic E-state index is 12.6. The number of likely N-dealkylation sites (N-methyl/N-ethyl adjacent to an activating group) is 1. The number of hydrogen-bond acceptors (Lipinski definition) is 2. The molecule has 0 aliphatic rings. The first-order valence-electron chi connectivity index (χ1n) is 9.63. The molecular weight excluding hydrogens is 348 g/mol. The van der Waals surface area contributed by atoms with E-state index in [4.69, 9.17) is 4.74 Å². The minimum absolute atomic E-state index is 0.00631. The van der Waals surface area contributed by atoms with Crippen LogP contribution in [0.15, 0.2) is 78.9 Å². The number of carbonyl (C=O) groups is 1. The van der Waals surface area contributed by atoms with Crippen molar-refractivity contribution < 1.29 is 14.4 Å². The highest BCUT2D eigenvalue weighted by atomic mass is 16.5. The molecule has 1 unspecified atom stereocenters. The number of hydrogen-bond donors (Lipinski definition) is 2. The molecule has 3 aromatic rings. The number of nitrogens with one attached hydrogen (secondary N) is 2. The standard InChI is InChI=1S/C24H26N2O2/c1-3-28-21-15-13-19(14-16-21)17-26(2)18-24(27)25-23-12-8-7-11-22(23)20-9-5-4-6-10-20/h4-16H,3,17-18H2,1-2H3,(H,25,27)/p+1. The van der Waals surface area contributed by atoms with Gasteiger partial charge in [-0.1, -0.05) is 48.5 Å². The fourth-order valence-electron chi connectivity index (χ4n) is 3.21. The lowest BCUT2D eigenvalue weighted by Gasteiger charge is -2.16. The van der Waals surface area contributed by atoms with Gasteiger partial charge in [0.2, 0.25) is 0 Å². The molecule has 0 fully saturated rings. The van der Waals surface area contributed by atoms with Crippen LogP contribution in [0.3, 0.4) is 0 Å². The highest BCUT2D eigenvalue weighted by Gasteiger charge is 2.13. The number of benzene rings is 3. The Labute approximate surface area is 166 Å². The Morgan fingerprint density at radius 1 is 0.929 bits per heavy atom. The first kappa shape index (κ1) is 19.6. The van der Waals surface area contributed by atoms with E-state index in [0.29, 0.717) is 13.2 Å². The number of ether oxygens (including phenoxy) is 1. The van der Waals surface area contributed by atoms with Crippen molar-refractivity contribution in [2.45, 2.75) is 13.5 Å². The molecule has 0 saturated heterocycles. The summed E-state index contributed by atoms with van der Waals surface area (Å²) >= 11 is 0. The van der Waals surface area contributed by atoms with Gasteiger partial charge in [-0.05, 0) is 42.8 Å². The molecule has 0 aliphatic carbocycles. The van der Waals surface area contributed by atoms with E-state index in [9.17, 15) is 4.79 Å². The molecule has 28 heavy (non-hydrogen) atoms. The second-order valence-electron chi connectivity index (χ2n) is 6.85. The van der Waals surface area contributed by atoms with Crippen LogP contribution < -0.4 is 15.0 Å². The van der Waals surface area contributed by atoms with Crippen LogP contribution in [-0.2, 0) is 11.3 Å². The van der Waals surface area contributed by atoms with Crippen molar-refractivity contribution in [2.75, 3.05) is 25.5 Å². The monoisotopic (exact) mass is 375 g/mol. The van der Waals surface area contributed by atoms with E-state index < -0.39 is 0 Å². The van der Waals surface area contributed by atoms with Gasteiger partial charge in [0.15, 0.2) is 6.54 Å². The molecule has 2 N–H and O–H groups in total. The highest BCUT2D eigenvalue weighted by molar-refractivity contribution is 5.96. The summed E-state index contributed by atoms with van der Waals surface area (Å²) in [6, 6.07) is 26.1. The summed E-state index contributed by atoms with van der Waals surface area (Å²) in [5.41, 5.74) is 4.14. The Bertz CT molecular complexity index is 892. The van der Waals surface area contributed by atoms with Gasteiger partial charge >= 0.3 is 0 Å². The number of carbonyl (C=O) groups excluding carboxylic acids is 1. The Morgan fingerprint density at radius 3 is 2.32 bits per heavy atom. The number of rotatable bonds is 8. The lowest BCUT2D eigenvalue weighted by Crippen LogP contribution is -3.08. The van der Waals surface area contributed by atoms with Crippen LogP contribution in [0, 0.1) is 0 Å². The summed E-state index contributed by atoms with van der Waals surface area (Å²) in [5, 5.41) is 3.07. The molecule has 144 valence electrons. The molecule has 0 aromatic heterocycles. The summed E-state index contributed by atoms with van der Waals surface area (Å²) in [4.78, 5) is 13.7. The van der Waals surface area contributed by atoms with Crippen LogP contribution in [0.1, 0.15) is 12.5 Å². The van der Waals surface area contributed by atoms with E-state index in [1.165, 1.54) is 5.56 Å². The summed E-state index contributed by atoms with van der Waals surface area (Å²) in [6.07, 6.45) is 0. The maximum Gasteiger partial charge on any atom is 0.279 e. The molecule has 4 nitrogen and oxygen atoms in total. The highest BCUT2D eigenvalue weighted by Crippen LogP contribution is 2.27. The predicted octanol–water partition coefficient (Wildman–Crippen LogP) is 3.41. The minimum atomic E-state index is 0.00631. The van der Waals surface area contributed by atoms with Crippen molar-refractivity contribution in [3.63, 3.8) is 0 Å². The Kier molecular flexibility index (Phi) is 6.82. The third-order valence-electron chi connectivity index (χ3n) is 4.49. The fourth-order valence-corrected chi connectivity index (χ4v) is 3.21. The van der Waals surface area contributed by atoms with E-state index >= 15 is 0 Å². The molecule has 0 heterocycles. The molecule has 0 saturated carbocycles. The van der Waals surface area contributed by atoms with E-state index in [2.05, 4.69) is 17.4 Å². The van der Waals surface area contributed by atoms with E-state index in [1.807, 2.05) is 80.7 Å². The Morgan fingerprint density at radius 2 is 1.61 bits per heavy atom. The third-order valence-corrected chi connectivity index (χ3v) is 4.49. The largest absolute Gasteiger partial charge is 0.494 e. The van der Waals surface area contributed by atoms with Crippen molar-refractivity contribution >= 4 is 11.6 Å². The van der Waals surface area contributed by atoms with Gasteiger partial charge in [-0.2, -0.15) is 0 Å². The van der Waals surface area contributed by atoms with E-state index in [1.54, 1.807) is 0 Å². The summed E-state index contributed by atoms with van der Waals surface area (Å²) < 4.78 is 5.47. The van der Waals surface area contributed by atoms with Gasteiger partial charge in [-0.15, -0.1) is 0 Å². The zero-order chi connectivity index (χ0) is 19.8. The van der Waals surface area contributed by atoms with Crippen molar-refractivity contribution in [3.05, 3.63) is 84.4 Å². The molecule has 3 aromatic carbocycles. The molecule has 4 heteroatoms. The zero-order valence-electron chi connectivity index (χ0n) is 16.4. The van der Waals surface area contributed by atoms with Crippen LogP contribution in [0.25, 0.3) is 11.1 Å². The van der Waals surface area contributed by atoms with Gasteiger partial charge in [0.1, 0.15) is 12.3 Å². The van der Waals surface area contributed by atoms with Gasteiger partial charge in [0, 0.05) is 16.8 Å². The van der Waals surface area contributed by atoms with Crippen LogP contribution in [-0.4, -0.2) is 26.1 Å². The van der Waals surface area contributed by atoms with Crippen LogP contribution in [0.2, 0.25) is 0 Å². The van der Waals surface area contributed by atoms with E-state index in [0.717, 1.165) is 34.0 Å². The van der Waals surface area contributed by atoms with Crippen molar-refractivity contribution in [2.24, 2.45) is 0 Å². The maximum absolute atomic E-state index is 12.6. The predicted molar refractivity (Wildman–Crippen MR) is 114 cm³/mol. The number of para-hydroxylation sites is 1. The molecule has 0 radical (unpaired) electrons. The van der Waals surface area contributed by atoms with Gasteiger partial charge in [0.25, 0.3) is 5.91 Å². The second-order valence-corrected chi connectivity index (χ2v) is 6.85. The van der Waals surface area contributed by atoms with Crippen LogP contribution in [0.5, 0.6) is 5.75 Å². The topological polar surface area (TPSA) is 42.8 Å². The van der Waals surface area contributed by atoms with Crippen molar-refractivity contribution in [1.29, 1.82) is 0 Å². The molecule has 1 amide bonds. The lowest BCUT2D eigenvalue weighted by atomic mass is 10.0. The summed E-state index contributed by atoms with van der Waals surface area (Å²) in [7, 11) is 2.03. The Balaban J connectivity index is 1.60. The molecule has 3 rings (SSSR count). The average Bonchev–Trinajstić information content (AvgIpc) is 2.70. The SMILES string of the molecule is CCOc1ccc(C[NH+](C)CC(=O)Nc2ccccc2-c2ccccc2)cc1. The smallest absolute Gasteiger partial charge is 0.279 e. The normalized spacial score (nSPS) is 11.6. The van der Waals surface area contributed by atoms with Gasteiger partial charge in [-0.3, -0.25) is 4.79 Å². The fraction of sp³-hybridized carbons (Fsp3) is 0.208. The van der Waals surface area contributed by atoms with Gasteiger partial charge in [-0.25, -0.2) is 0 Å². The number of quaternary nitrogens is 1. The van der Waals surface area contributed by atoms with Crippen LogP contribution in [0.4, 0.5) is 5.69 Å². The van der Waals surface area contributed by atoms with Crippen molar-refractivity contribution in [1.82, 2.24) is 0 Å². The molecule has 0 spiro atoms. The molecule has 0 bridgehead atoms. The second kappa shape index (κ2) is 9.72. The minimum Gasteiger partial charge on any atom is -0.494 e. The van der Waals surface area contributed by atoms with E-state index in [-0.39, 0.29) is 5.91 Å². The molecular formula is C24H27N2O2+. The zero-order valence-corrected chi connectivity index (χ0v) is 16.4. The quantitative estimate of drug-likeness (QED) is 0.634. The van der Waals surface area contributed by atoms with Crippen molar-refractivity contribution in [3.8, 4) is 16.9 Å². The van der Waals surface area contributed by atoms with Gasteiger partial charge in [0.05, 0.1) is 13.7 Å². The first-order chi connectivity index (χ1) is 13.7. The third kappa shape index (κ3) is 5.44. The molecule has 1 atom stereocenters. The average molecular weight is 375 g/mol. The number of anilines is 1. The van der Waals surface area contributed by atoms with Gasteiger partial charge < -0.3 is 15.0 Å². The Hall–Kier alpha value is -3.11.